The van der Waals surface area contributed by atoms with Crippen molar-refractivity contribution < 1.29 is 14.0 Å². The Kier molecular flexibility index (Phi) is 6.23. The fraction of sp³-hybridized carbons (Fsp3) is 0.300. The van der Waals surface area contributed by atoms with E-state index in [9.17, 15) is 14.0 Å². The average molecular weight is 385 g/mol. The van der Waals surface area contributed by atoms with Gasteiger partial charge in [-0.1, -0.05) is 29.8 Å². The van der Waals surface area contributed by atoms with Gasteiger partial charge in [0.05, 0.1) is 18.5 Å². The Bertz CT molecular complexity index is 856. The van der Waals surface area contributed by atoms with Gasteiger partial charge in [-0.25, -0.2) is 9.82 Å². The van der Waals surface area contributed by atoms with Crippen molar-refractivity contribution in [3.05, 3.63) is 65.0 Å². The number of halogens is 1. The smallest absolute Gasteiger partial charge is 0.257 e. The third-order valence-corrected chi connectivity index (χ3v) is 4.69. The van der Waals surface area contributed by atoms with Gasteiger partial charge in [0.25, 0.3) is 5.91 Å². The fourth-order valence-corrected chi connectivity index (χ4v) is 3.18. The van der Waals surface area contributed by atoms with Gasteiger partial charge in [0.2, 0.25) is 5.91 Å². The highest BCUT2D eigenvalue weighted by molar-refractivity contribution is 5.86. The third-order valence-electron chi connectivity index (χ3n) is 4.69. The summed E-state index contributed by atoms with van der Waals surface area (Å²) < 4.78 is 13.1. The van der Waals surface area contributed by atoms with E-state index < -0.39 is 5.92 Å². The average Bonchev–Trinajstić information content (AvgIpc) is 3.16. The summed E-state index contributed by atoms with van der Waals surface area (Å²) in [4.78, 5) is 24.5. The molecule has 148 valence electrons. The molecule has 1 aliphatic rings. The van der Waals surface area contributed by atoms with Crippen molar-refractivity contribution in [3.63, 3.8) is 0 Å². The quantitative estimate of drug-likeness (QED) is 0.503. The number of rotatable bonds is 5. The van der Waals surface area contributed by atoms with Crippen LogP contribution in [0.15, 0.2) is 42.5 Å². The third kappa shape index (κ3) is 4.85. The normalized spacial score (nSPS) is 18.5. The van der Waals surface area contributed by atoms with E-state index in [0.29, 0.717) is 6.54 Å². The molecule has 2 unspecified atom stereocenters. The SMILES string of the molecule is Cc1ccc(NCC(=O)NNC(=O)C2CNNC2c2ccc(F)cc2)c(C)c1. The number of hydrazine groups is 2. The van der Waals surface area contributed by atoms with Crippen molar-refractivity contribution in [2.45, 2.75) is 19.9 Å². The molecule has 1 fully saturated rings. The molecule has 2 atom stereocenters. The fourth-order valence-electron chi connectivity index (χ4n) is 3.18. The zero-order valence-corrected chi connectivity index (χ0v) is 15.8. The minimum atomic E-state index is -0.446. The lowest BCUT2D eigenvalue weighted by Crippen LogP contribution is -2.47. The summed E-state index contributed by atoms with van der Waals surface area (Å²) in [7, 11) is 0. The van der Waals surface area contributed by atoms with Crippen LogP contribution in [0, 0.1) is 25.6 Å². The molecule has 7 nitrogen and oxygen atoms in total. The van der Waals surface area contributed by atoms with Gasteiger partial charge in [-0.15, -0.1) is 0 Å². The Morgan fingerprint density at radius 1 is 1.11 bits per heavy atom. The van der Waals surface area contributed by atoms with E-state index in [4.69, 9.17) is 0 Å². The number of anilines is 1. The van der Waals surface area contributed by atoms with Crippen LogP contribution in [-0.4, -0.2) is 24.9 Å². The zero-order valence-electron chi connectivity index (χ0n) is 15.8. The molecule has 0 spiro atoms. The number of carbonyl (C=O) groups is 2. The predicted octanol–water partition coefficient (Wildman–Crippen LogP) is 1.47. The maximum Gasteiger partial charge on any atom is 0.257 e. The summed E-state index contributed by atoms with van der Waals surface area (Å²) in [5.74, 6) is -1.46. The number of hydrogen-bond acceptors (Lipinski definition) is 5. The lowest BCUT2D eigenvalue weighted by atomic mass is 9.94. The molecule has 0 bridgehead atoms. The van der Waals surface area contributed by atoms with Crippen molar-refractivity contribution in [3.8, 4) is 0 Å². The van der Waals surface area contributed by atoms with Gasteiger partial charge in [0, 0.05) is 12.2 Å². The Balaban J connectivity index is 1.50. The van der Waals surface area contributed by atoms with Crippen molar-refractivity contribution in [1.82, 2.24) is 21.7 Å². The molecule has 2 aromatic carbocycles. The maximum atomic E-state index is 13.1. The van der Waals surface area contributed by atoms with E-state index in [1.165, 1.54) is 12.1 Å². The largest absolute Gasteiger partial charge is 0.376 e. The van der Waals surface area contributed by atoms with Crippen LogP contribution in [0.3, 0.4) is 0 Å². The van der Waals surface area contributed by atoms with Gasteiger partial charge >= 0.3 is 0 Å². The van der Waals surface area contributed by atoms with Crippen molar-refractivity contribution in [2.24, 2.45) is 5.92 Å². The highest BCUT2D eigenvalue weighted by Crippen LogP contribution is 2.25. The first-order valence-electron chi connectivity index (χ1n) is 9.07. The highest BCUT2D eigenvalue weighted by atomic mass is 19.1. The number of benzene rings is 2. The lowest BCUT2D eigenvalue weighted by Gasteiger charge is -2.19. The molecule has 5 N–H and O–H groups in total. The summed E-state index contributed by atoms with van der Waals surface area (Å²) in [6.07, 6.45) is 0. The summed E-state index contributed by atoms with van der Waals surface area (Å²) >= 11 is 0. The number of hydrogen-bond donors (Lipinski definition) is 5. The molecule has 0 aliphatic carbocycles. The molecule has 0 aromatic heterocycles. The molecule has 3 rings (SSSR count). The molecule has 0 saturated carbocycles. The molecule has 8 heteroatoms. The molecule has 28 heavy (non-hydrogen) atoms. The van der Waals surface area contributed by atoms with Crippen molar-refractivity contribution >= 4 is 17.5 Å². The highest BCUT2D eigenvalue weighted by Gasteiger charge is 2.34. The number of aryl methyl sites for hydroxylation is 2. The molecule has 0 radical (unpaired) electrons. The Morgan fingerprint density at radius 2 is 1.86 bits per heavy atom. The zero-order chi connectivity index (χ0) is 20.1. The van der Waals surface area contributed by atoms with Crippen LogP contribution >= 0.6 is 0 Å². The van der Waals surface area contributed by atoms with Gasteiger partial charge in [-0.05, 0) is 43.2 Å². The van der Waals surface area contributed by atoms with E-state index >= 15 is 0 Å². The monoisotopic (exact) mass is 385 g/mol. The molecule has 2 amide bonds. The minimum absolute atomic E-state index is 0.0345. The standard InChI is InChI=1S/C20H24FN5O2/c1-12-3-8-17(13(2)9-12)22-11-18(27)24-26-20(28)16-10-23-25-19(16)14-4-6-15(21)7-5-14/h3-9,16,19,22-23,25H,10-11H2,1-2H3,(H,24,27)(H,26,28). The van der Waals surface area contributed by atoms with Crippen LogP contribution in [0.25, 0.3) is 0 Å². The Labute approximate surface area is 163 Å². The molecule has 1 heterocycles. The molecule has 1 aliphatic heterocycles. The molecule has 2 aromatic rings. The van der Waals surface area contributed by atoms with Gasteiger partial charge < -0.3 is 5.32 Å². The second-order valence-electron chi connectivity index (χ2n) is 6.87. The van der Waals surface area contributed by atoms with E-state index in [1.54, 1.807) is 12.1 Å². The van der Waals surface area contributed by atoms with Crippen molar-refractivity contribution in [2.75, 3.05) is 18.4 Å². The van der Waals surface area contributed by atoms with Crippen LogP contribution in [-0.2, 0) is 9.59 Å². The first-order chi connectivity index (χ1) is 13.4. The molecular weight excluding hydrogens is 361 g/mol. The number of nitrogens with one attached hydrogen (secondary N) is 5. The molecule has 1 saturated heterocycles. The summed E-state index contributed by atoms with van der Waals surface area (Å²) in [5, 5.41) is 3.05. The Hall–Kier alpha value is -2.97. The first kappa shape index (κ1) is 19.8. The number of amides is 2. The van der Waals surface area contributed by atoms with Crippen molar-refractivity contribution in [1.29, 1.82) is 0 Å². The van der Waals surface area contributed by atoms with E-state index in [-0.39, 0.29) is 30.2 Å². The van der Waals surface area contributed by atoms with Crippen LogP contribution < -0.4 is 27.0 Å². The second-order valence-corrected chi connectivity index (χ2v) is 6.87. The van der Waals surface area contributed by atoms with Crippen LogP contribution in [0.1, 0.15) is 22.7 Å². The van der Waals surface area contributed by atoms with E-state index in [2.05, 4.69) is 27.0 Å². The summed E-state index contributed by atoms with van der Waals surface area (Å²) in [5.41, 5.74) is 14.7. The lowest BCUT2D eigenvalue weighted by molar-refractivity contribution is -0.130. The van der Waals surface area contributed by atoms with Gasteiger partial charge in [0.15, 0.2) is 0 Å². The summed E-state index contributed by atoms with van der Waals surface area (Å²) in [6, 6.07) is 11.6. The number of carbonyl (C=O) groups excluding carboxylic acids is 2. The minimum Gasteiger partial charge on any atom is -0.376 e. The van der Waals surface area contributed by atoms with Gasteiger partial charge in [-0.3, -0.25) is 25.9 Å². The topological polar surface area (TPSA) is 94.3 Å². The molecular formula is C20H24FN5O2. The predicted molar refractivity (Wildman–Crippen MR) is 104 cm³/mol. The summed E-state index contributed by atoms with van der Waals surface area (Å²) in [6.45, 7) is 4.40. The first-order valence-corrected chi connectivity index (χ1v) is 9.07. The maximum absolute atomic E-state index is 13.1. The van der Waals surface area contributed by atoms with Crippen LogP contribution in [0.5, 0.6) is 0 Å². The van der Waals surface area contributed by atoms with E-state index in [1.807, 2.05) is 32.0 Å². The second kappa shape index (κ2) is 8.81. The van der Waals surface area contributed by atoms with Crippen LogP contribution in [0.2, 0.25) is 0 Å². The Morgan fingerprint density at radius 3 is 2.57 bits per heavy atom. The van der Waals surface area contributed by atoms with Gasteiger partial charge in [0.1, 0.15) is 5.82 Å². The van der Waals surface area contributed by atoms with E-state index in [0.717, 1.165) is 22.4 Å². The van der Waals surface area contributed by atoms with Crippen LogP contribution in [0.4, 0.5) is 10.1 Å². The van der Waals surface area contributed by atoms with Gasteiger partial charge in [-0.2, -0.15) is 0 Å².